The molecule has 0 saturated carbocycles. The molecule has 0 radical (unpaired) electrons. The molecule has 1 unspecified atom stereocenters. The van der Waals surface area contributed by atoms with E-state index in [4.69, 9.17) is 13.9 Å². The third-order valence-electron chi connectivity index (χ3n) is 6.73. The van der Waals surface area contributed by atoms with Crippen LogP contribution in [0.1, 0.15) is 53.0 Å². The maximum absolute atomic E-state index is 13.7. The van der Waals surface area contributed by atoms with Gasteiger partial charge in [0.05, 0.1) is 19.3 Å². The third kappa shape index (κ3) is 5.71. The van der Waals surface area contributed by atoms with Crippen LogP contribution in [0.25, 0.3) is 0 Å². The molecule has 9 nitrogen and oxygen atoms in total. The zero-order chi connectivity index (χ0) is 26.6. The number of carbonyl (C=O) groups is 2. The zero-order valence-electron chi connectivity index (χ0n) is 21.5. The highest BCUT2D eigenvalue weighted by Crippen LogP contribution is 2.38. The number of hydrazine groups is 1. The number of amides is 2. The first-order valence-electron chi connectivity index (χ1n) is 12.8. The van der Waals surface area contributed by atoms with Crippen LogP contribution >= 0.6 is 0 Å². The molecule has 38 heavy (non-hydrogen) atoms. The first kappa shape index (κ1) is 25.9. The molecule has 0 spiro atoms. The van der Waals surface area contributed by atoms with Crippen molar-refractivity contribution < 1.29 is 27.9 Å². The standard InChI is InChI=1S/C28H31FN4O5/c1-18(2)28(35)33-10-9-19-5-8-22(15-23(19)26(33)20-3-6-21(29)7-4-20)37-17-25-30-24(16-38-25)27(34)31-32-11-13-36-14-12-32/h3-8,15-16,18,26H,9-14,17H2,1-2H3,(H,31,34). The zero-order valence-corrected chi connectivity index (χ0v) is 21.5. The lowest BCUT2D eigenvalue weighted by atomic mass is 9.87. The predicted octanol–water partition coefficient (Wildman–Crippen LogP) is 3.50. The van der Waals surface area contributed by atoms with Gasteiger partial charge in [-0.2, -0.15) is 0 Å². The Morgan fingerprint density at radius 2 is 1.89 bits per heavy atom. The fourth-order valence-electron chi connectivity index (χ4n) is 4.76. The Bertz CT molecular complexity index is 1290. The number of carbonyl (C=O) groups excluding carboxylic acids is 2. The normalized spacial score (nSPS) is 17.8. The van der Waals surface area contributed by atoms with E-state index in [0.29, 0.717) is 45.0 Å². The fourth-order valence-corrected chi connectivity index (χ4v) is 4.76. The van der Waals surface area contributed by atoms with E-state index in [0.717, 1.165) is 16.7 Å². The topological polar surface area (TPSA) is 97.1 Å². The average Bonchev–Trinajstić information content (AvgIpc) is 3.41. The van der Waals surface area contributed by atoms with Gasteiger partial charge in [0.15, 0.2) is 12.3 Å². The lowest BCUT2D eigenvalue weighted by Gasteiger charge is -2.39. The van der Waals surface area contributed by atoms with Crippen molar-refractivity contribution in [3.63, 3.8) is 0 Å². The molecule has 2 aliphatic rings. The highest BCUT2D eigenvalue weighted by atomic mass is 19.1. The molecule has 2 aliphatic heterocycles. The van der Waals surface area contributed by atoms with Gasteiger partial charge in [-0.25, -0.2) is 14.4 Å². The molecule has 1 saturated heterocycles. The van der Waals surface area contributed by atoms with Crippen molar-refractivity contribution in [2.24, 2.45) is 5.92 Å². The van der Waals surface area contributed by atoms with Crippen LogP contribution in [0.3, 0.4) is 0 Å². The quantitative estimate of drug-likeness (QED) is 0.507. The Kier molecular flexibility index (Phi) is 7.71. The summed E-state index contributed by atoms with van der Waals surface area (Å²) in [6.07, 6.45) is 2.02. The molecular weight excluding hydrogens is 491 g/mol. The number of nitrogens with zero attached hydrogens (tertiary/aromatic N) is 3. The molecule has 0 aliphatic carbocycles. The van der Waals surface area contributed by atoms with Gasteiger partial charge in [0, 0.05) is 25.6 Å². The Morgan fingerprint density at radius 3 is 2.63 bits per heavy atom. The van der Waals surface area contributed by atoms with Crippen LogP contribution in [0.15, 0.2) is 53.1 Å². The number of fused-ring (bicyclic) bond motifs is 1. The molecule has 10 heteroatoms. The number of rotatable bonds is 7. The van der Waals surface area contributed by atoms with Gasteiger partial charge in [0.2, 0.25) is 11.8 Å². The monoisotopic (exact) mass is 522 g/mol. The second-order valence-corrected chi connectivity index (χ2v) is 9.71. The van der Waals surface area contributed by atoms with Gasteiger partial charge in [-0.1, -0.05) is 32.0 Å². The van der Waals surface area contributed by atoms with E-state index in [-0.39, 0.29) is 47.8 Å². The Morgan fingerprint density at radius 1 is 1.13 bits per heavy atom. The molecule has 3 aromatic rings. The maximum atomic E-state index is 13.7. The second-order valence-electron chi connectivity index (χ2n) is 9.71. The van der Waals surface area contributed by atoms with Gasteiger partial charge in [0.25, 0.3) is 5.91 Å². The molecule has 3 heterocycles. The predicted molar refractivity (Wildman–Crippen MR) is 136 cm³/mol. The average molecular weight is 523 g/mol. The van der Waals surface area contributed by atoms with E-state index < -0.39 is 0 Å². The number of oxazole rings is 1. The fraction of sp³-hybridized carbons (Fsp3) is 0.393. The summed E-state index contributed by atoms with van der Waals surface area (Å²) < 4.78 is 30.4. The number of morpholine rings is 1. The van der Waals surface area contributed by atoms with Crippen LogP contribution in [0.5, 0.6) is 5.75 Å². The number of halogens is 1. The van der Waals surface area contributed by atoms with Crippen molar-refractivity contribution >= 4 is 11.8 Å². The molecule has 200 valence electrons. The van der Waals surface area contributed by atoms with Crippen LogP contribution in [0, 0.1) is 11.7 Å². The van der Waals surface area contributed by atoms with Crippen molar-refractivity contribution in [2.75, 3.05) is 32.8 Å². The van der Waals surface area contributed by atoms with E-state index >= 15 is 0 Å². The summed E-state index contributed by atoms with van der Waals surface area (Å²) in [5.74, 6) is 0.0339. The summed E-state index contributed by atoms with van der Waals surface area (Å²) in [5.41, 5.74) is 5.84. The first-order valence-corrected chi connectivity index (χ1v) is 12.8. The highest BCUT2D eigenvalue weighted by Gasteiger charge is 2.33. The second kappa shape index (κ2) is 11.3. The van der Waals surface area contributed by atoms with Crippen molar-refractivity contribution in [3.8, 4) is 5.75 Å². The lowest BCUT2D eigenvalue weighted by molar-refractivity contribution is -0.136. The summed E-state index contributed by atoms with van der Waals surface area (Å²) in [4.78, 5) is 31.7. The highest BCUT2D eigenvalue weighted by molar-refractivity contribution is 5.91. The molecule has 5 rings (SSSR count). The minimum absolute atomic E-state index is 0.0273. The molecule has 0 bridgehead atoms. The molecule has 2 amide bonds. The molecule has 1 aromatic heterocycles. The van der Waals surface area contributed by atoms with Crippen LogP contribution in [0.2, 0.25) is 0 Å². The summed E-state index contributed by atoms with van der Waals surface area (Å²) in [7, 11) is 0. The summed E-state index contributed by atoms with van der Waals surface area (Å²) in [5, 5.41) is 1.79. The van der Waals surface area contributed by atoms with Gasteiger partial charge < -0.3 is 18.8 Å². The van der Waals surface area contributed by atoms with Gasteiger partial charge in [-0.3, -0.25) is 15.0 Å². The Labute approximate surface area is 220 Å². The number of hydrogen-bond donors (Lipinski definition) is 1. The lowest BCUT2D eigenvalue weighted by Crippen LogP contribution is -2.48. The first-order chi connectivity index (χ1) is 18.4. The Balaban J connectivity index is 1.32. The van der Waals surface area contributed by atoms with Crippen molar-refractivity contribution in [3.05, 3.63) is 82.8 Å². The van der Waals surface area contributed by atoms with Crippen LogP contribution in [0.4, 0.5) is 4.39 Å². The van der Waals surface area contributed by atoms with Gasteiger partial charge >= 0.3 is 0 Å². The Hall–Kier alpha value is -3.76. The summed E-state index contributed by atoms with van der Waals surface area (Å²) in [6.45, 7) is 6.70. The van der Waals surface area contributed by atoms with E-state index in [1.54, 1.807) is 17.1 Å². The van der Waals surface area contributed by atoms with Crippen molar-refractivity contribution in [1.29, 1.82) is 0 Å². The van der Waals surface area contributed by atoms with E-state index in [1.165, 1.54) is 18.4 Å². The SMILES string of the molecule is CC(C)C(=O)N1CCc2ccc(OCc3nc(C(=O)NN4CCOCC4)co3)cc2C1c1ccc(F)cc1. The molecule has 1 atom stereocenters. The van der Waals surface area contributed by atoms with E-state index in [9.17, 15) is 14.0 Å². The third-order valence-corrected chi connectivity index (χ3v) is 6.73. The van der Waals surface area contributed by atoms with Gasteiger partial charge in [-0.15, -0.1) is 0 Å². The maximum Gasteiger partial charge on any atom is 0.287 e. The molecule has 2 aromatic carbocycles. The number of hydrogen-bond acceptors (Lipinski definition) is 7. The van der Waals surface area contributed by atoms with Crippen molar-refractivity contribution in [2.45, 2.75) is 32.9 Å². The molecular formula is C28H31FN4O5. The smallest absolute Gasteiger partial charge is 0.287 e. The summed E-state index contributed by atoms with van der Waals surface area (Å²) >= 11 is 0. The number of ether oxygens (including phenoxy) is 2. The number of aromatic nitrogens is 1. The van der Waals surface area contributed by atoms with Crippen molar-refractivity contribution in [1.82, 2.24) is 20.3 Å². The van der Waals surface area contributed by atoms with Crippen LogP contribution in [-0.4, -0.2) is 59.6 Å². The minimum atomic E-state index is -0.354. The van der Waals surface area contributed by atoms with Crippen LogP contribution < -0.4 is 10.2 Å². The van der Waals surface area contributed by atoms with Gasteiger partial charge in [0.1, 0.15) is 17.8 Å². The summed E-state index contributed by atoms with van der Waals surface area (Å²) in [6, 6.07) is 11.7. The van der Waals surface area contributed by atoms with E-state index in [2.05, 4.69) is 10.4 Å². The van der Waals surface area contributed by atoms with Gasteiger partial charge in [-0.05, 0) is 47.4 Å². The largest absolute Gasteiger partial charge is 0.484 e. The number of benzene rings is 2. The molecule has 1 fully saturated rings. The van der Waals surface area contributed by atoms with Crippen LogP contribution in [-0.2, 0) is 22.6 Å². The van der Waals surface area contributed by atoms with E-state index in [1.807, 2.05) is 36.9 Å². The minimum Gasteiger partial charge on any atom is -0.484 e. The number of nitrogens with one attached hydrogen (secondary N) is 1. The molecule has 1 N–H and O–H groups in total.